The molecule has 4 nitrogen and oxygen atoms in total. The molecule has 0 bridgehead atoms. The van der Waals surface area contributed by atoms with Gasteiger partial charge in [0.25, 0.3) is 0 Å². The highest BCUT2D eigenvalue weighted by Crippen LogP contribution is 2.14. The molecule has 0 unspecified atom stereocenters. The van der Waals surface area contributed by atoms with Crippen LogP contribution in [0.3, 0.4) is 0 Å². The average Bonchev–Trinajstić information content (AvgIpc) is 2.18. The van der Waals surface area contributed by atoms with Crippen molar-refractivity contribution in [3.8, 4) is 0 Å². The number of carboxylic acid groups (broad SMARTS) is 1. The zero-order valence-corrected chi connectivity index (χ0v) is 7.85. The summed E-state index contributed by atoms with van der Waals surface area (Å²) in [6.07, 6.45) is 0. The first kappa shape index (κ1) is 11.0. The van der Waals surface area contributed by atoms with Crippen molar-refractivity contribution in [1.82, 2.24) is 0 Å². The minimum Gasteiger partial charge on any atom is -0.480 e. The SMILES string of the molecule is C=C(/N=N\CC(=O)O)c1ccc(F)cc1. The topological polar surface area (TPSA) is 62.0 Å². The molecule has 0 atom stereocenters. The van der Waals surface area contributed by atoms with Crippen molar-refractivity contribution in [2.45, 2.75) is 0 Å². The third-order valence-corrected chi connectivity index (χ3v) is 1.57. The molecule has 1 rings (SSSR count). The Hall–Kier alpha value is -2.04. The summed E-state index contributed by atoms with van der Waals surface area (Å²) >= 11 is 0. The Morgan fingerprint density at radius 2 is 2.00 bits per heavy atom. The Bertz CT molecular complexity index is 398. The van der Waals surface area contributed by atoms with Gasteiger partial charge in [-0.15, -0.1) is 0 Å². The highest BCUT2D eigenvalue weighted by molar-refractivity contribution is 5.69. The zero-order chi connectivity index (χ0) is 11.3. The Labute approximate surface area is 85.8 Å². The molecule has 78 valence electrons. The minimum atomic E-state index is -1.06. The molecule has 0 spiro atoms. The van der Waals surface area contributed by atoms with Gasteiger partial charge in [0, 0.05) is 5.56 Å². The van der Waals surface area contributed by atoms with Crippen LogP contribution in [0.25, 0.3) is 5.70 Å². The van der Waals surface area contributed by atoms with E-state index in [2.05, 4.69) is 16.8 Å². The number of carbonyl (C=O) groups is 1. The van der Waals surface area contributed by atoms with Gasteiger partial charge >= 0.3 is 5.97 Å². The lowest BCUT2D eigenvalue weighted by Crippen LogP contribution is -1.97. The number of halogens is 1. The molecule has 0 amide bonds. The molecule has 0 aliphatic heterocycles. The van der Waals surface area contributed by atoms with Gasteiger partial charge in [-0.25, -0.2) is 4.39 Å². The smallest absolute Gasteiger partial charge is 0.327 e. The van der Waals surface area contributed by atoms with Gasteiger partial charge < -0.3 is 5.11 Å². The van der Waals surface area contributed by atoms with E-state index in [0.717, 1.165) is 0 Å². The number of nitrogens with zero attached hydrogens (tertiary/aromatic N) is 2. The molecule has 0 saturated carbocycles. The number of azo groups is 1. The fourth-order valence-electron chi connectivity index (χ4n) is 0.881. The summed E-state index contributed by atoms with van der Waals surface area (Å²) < 4.78 is 12.5. The van der Waals surface area contributed by atoms with Crippen LogP contribution in [-0.4, -0.2) is 17.6 Å². The van der Waals surface area contributed by atoms with Gasteiger partial charge in [-0.1, -0.05) is 6.58 Å². The Morgan fingerprint density at radius 1 is 1.40 bits per heavy atom. The van der Waals surface area contributed by atoms with Gasteiger partial charge in [-0.2, -0.15) is 10.2 Å². The Morgan fingerprint density at radius 3 is 2.53 bits per heavy atom. The molecule has 0 aliphatic rings. The van der Waals surface area contributed by atoms with Crippen LogP contribution in [-0.2, 0) is 4.79 Å². The van der Waals surface area contributed by atoms with E-state index >= 15 is 0 Å². The van der Waals surface area contributed by atoms with Gasteiger partial charge in [0.2, 0.25) is 0 Å². The lowest BCUT2D eigenvalue weighted by Gasteiger charge is -1.97. The third kappa shape index (κ3) is 3.68. The second kappa shape index (κ2) is 4.99. The first-order valence-corrected chi connectivity index (χ1v) is 4.14. The summed E-state index contributed by atoms with van der Waals surface area (Å²) in [6, 6.07) is 5.54. The first-order valence-electron chi connectivity index (χ1n) is 4.14. The molecule has 15 heavy (non-hydrogen) atoms. The molecule has 0 aromatic heterocycles. The summed E-state index contributed by atoms with van der Waals surface area (Å²) in [4.78, 5) is 10.1. The summed E-state index contributed by atoms with van der Waals surface area (Å²) in [7, 11) is 0. The van der Waals surface area contributed by atoms with E-state index in [9.17, 15) is 9.18 Å². The largest absolute Gasteiger partial charge is 0.480 e. The van der Waals surface area contributed by atoms with Crippen molar-refractivity contribution < 1.29 is 14.3 Å². The minimum absolute atomic E-state index is 0.302. The van der Waals surface area contributed by atoms with Gasteiger partial charge in [0.05, 0.1) is 5.70 Å². The maximum Gasteiger partial charge on any atom is 0.327 e. The van der Waals surface area contributed by atoms with E-state index in [-0.39, 0.29) is 5.82 Å². The van der Waals surface area contributed by atoms with Crippen LogP contribution in [0.1, 0.15) is 5.56 Å². The fourth-order valence-corrected chi connectivity index (χ4v) is 0.881. The second-order valence-corrected chi connectivity index (χ2v) is 2.75. The van der Waals surface area contributed by atoms with Crippen LogP contribution >= 0.6 is 0 Å². The monoisotopic (exact) mass is 208 g/mol. The van der Waals surface area contributed by atoms with E-state index in [1.807, 2.05) is 0 Å². The molecule has 1 N–H and O–H groups in total. The second-order valence-electron chi connectivity index (χ2n) is 2.75. The Kier molecular flexibility index (Phi) is 3.68. The first-order chi connectivity index (χ1) is 7.09. The Balaban J connectivity index is 2.65. The lowest BCUT2D eigenvalue weighted by molar-refractivity contribution is -0.135. The maximum atomic E-state index is 12.5. The number of benzene rings is 1. The van der Waals surface area contributed by atoms with Crippen LogP contribution in [0.4, 0.5) is 4.39 Å². The maximum absolute atomic E-state index is 12.5. The highest BCUT2D eigenvalue weighted by Gasteiger charge is 1.98. The summed E-state index contributed by atoms with van der Waals surface area (Å²) in [5.74, 6) is -1.42. The van der Waals surface area contributed by atoms with Crippen LogP contribution in [0.2, 0.25) is 0 Å². The molecule has 1 aromatic rings. The van der Waals surface area contributed by atoms with E-state index in [1.165, 1.54) is 24.3 Å². The fraction of sp³-hybridized carbons (Fsp3) is 0.100. The molecule has 0 fully saturated rings. The van der Waals surface area contributed by atoms with Crippen molar-refractivity contribution in [1.29, 1.82) is 0 Å². The molecule has 0 heterocycles. The van der Waals surface area contributed by atoms with Crippen LogP contribution in [0, 0.1) is 5.82 Å². The van der Waals surface area contributed by atoms with Gasteiger partial charge in [0.15, 0.2) is 6.54 Å². The number of carboxylic acids is 1. The molecule has 5 heteroatoms. The normalized spacial score (nSPS) is 10.5. The van der Waals surface area contributed by atoms with E-state index < -0.39 is 12.5 Å². The van der Waals surface area contributed by atoms with Crippen LogP contribution in [0.5, 0.6) is 0 Å². The van der Waals surface area contributed by atoms with E-state index in [0.29, 0.717) is 11.3 Å². The summed E-state index contributed by atoms with van der Waals surface area (Å²) in [6.45, 7) is 3.17. The summed E-state index contributed by atoms with van der Waals surface area (Å²) in [5.41, 5.74) is 0.904. The standard InChI is InChI=1S/C10H9FN2O2/c1-7(13-12-6-10(14)15)8-2-4-9(11)5-3-8/h2-5H,1,6H2,(H,14,15)/b13-12-. The van der Waals surface area contributed by atoms with Crippen LogP contribution < -0.4 is 0 Å². The van der Waals surface area contributed by atoms with Crippen molar-refractivity contribution in [3.63, 3.8) is 0 Å². The molecule has 0 saturated heterocycles. The van der Waals surface area contributed by atoms with Crippen molar-refractivity contribution in [2.75, 3.05) is 6.54 Å². The molecular weight excluding hydrogens is 199 g/mol. The van der Waals surface area contributed by atoms with Gasteiger partial charge in [0.1, 0.15) is 5.82 Å². The molecular formula is C10H9FN2O2. The highest BCUT2D eigenvalue weighted by atomic mass is 19.1. The summed E-state index contributed by atoms with van der Waals surface area (Å²) in [5, 5.41) is 15.3. The number of aliphatic carboxylic acids is 1. The average molecular weight is 208 g/mol. The van der Waals surface area contributed by atoms with Gasteiger partial charge in [-0.3, -0.25) is 4.79 Å². The molecule has 0 aliphatic carbocycles. The van der Waals surface area contributed by atoms with Crippen molar-refractivity contribution in [2.24, 2.45) is 10.2 Å². The number of rotatable bonds is 4. The lowest BCUT2D eigenvalue weighted by atomic mass is 10.2. The molecule has 1 aromatic carbocycles. The quantitative estimate of drug-likeness (QED) is 0.772. The number of hydrogen-bond donors (Lipinski definition) is 1. The predicted molar refractivity (Wildman–Crippen MR) is 52.8 cm³/mol. The van der Waals surface area contributed by atoms with E-state index in [4.69, 9.17) is 5.11 Å². The van der Waals surface area contributed by atoms with Crippen molar-refractivity contribution in [3.05, 3.63) is 42.2 Å². The number of hydrogen-bond acceptors (Lipinski definition) is 3. The van der Waals surface area contributed by atoms with Gasteiger partial charge in [-0.05, 0) is 24.3 Å². The molecule has 0 radical (unpaired) electrons. The van der Waals surface area contributed by atoms with Crippen molar-refractivity contribution >= 4 is 11.7 Å². The zero-order valence-electron chi connectivity index (χ0n) is 7.85. The third-order valence-electron chi connectivity index (χ3n) is 1.57. The van der Waals surface area contributed by atoms with E-state index in [1.54, 1.807) is 0 Å². The predicted octanol–water partition coefficient (Wildman–Crippen LogP) is 2.33. The van der Waals surface area contributed by atoms with Crippen LogP contribution in [0.15, 0.2) is 41.1 Å².